The first-order valence-corrected chi connectivity index (χ1v) is 16.5. The van der Waals surface area contributed by atoms with Crippen molar-refractivity contribution >= 4 is 33.2 Å². The molecule has 45 heavy (non-hydrogen) atoms. The van der Waals surface area contributed by atoms with Crippen LogP contribution >= 0.6 is 11.6 Å². The molecule has 1 amide bonds. The highest BCUT2D eigenvalue weighted by Crippen LogP contribution is 2.51. The third-order valence-electron chi connectivity index (χ3n) is 9.17. The van der Waals surface area contributed by atoms with E-state index < -0.39 is 33.5 Å². The van der Waals surface area contributed by atoms with Crippen molar-refractivity contribution in [2.24, 2.45) is 11.8 Å². The van der Waals surface area contributed by atoms with Gasteiger partial charge in [-0.2, -0.15) is 9.65 Å². The zero-order valence-electron chi connectivity index (χ0n) is 23.8. The molecule has 7 rings (SSSR count). The van der Waals surface area contributed by atoms with E-state index in [-0.39, 0.29) is 38.8 Å². The molecule has 2 bridgehead atoms. The number of pyridine rings is 1. The molecule has 3 N–H and O–H groups in total. The lowest BCUT2D eigenvalue weighted by Gasteiger charge is -2.40. The third-order valence-corrected chi connectivity index (χ3v) is 11.2. The van der Waals surface area contributed by atoms with Crippen molar-refractivity contribution in [2.75, 3.05) is 5.32 Å². The monoisotopic (exact) mass is 650 g/mol. The first-order chi connectivity index (χ1) is 21.6. The summed E-state index contributed by atoms with van der Waals surface area (Å²) in [6, 6.07) is 14.7. The van der Waals surface area contributed by atoms with Gasteiger partial charge in [-0.25, -0.2) is 18.1 Å². The number of aromatic nitrogens is 3. The molecule has 0 radical (unpaired) electrons. The fraction of sp³-hybridized carbons (Fsp3) is 0.355. The molecule has 1 aliphatic heterocycles. The Morgan fingerprint density at radius 1 is 1.18 bits per heavy atom. The van der Waals surface area contributed by atoms with Gasteiger partial charge in [-0.1, -0.05) is 47.1 Å². The maximum atomic E-state index is 14.0. The first-order valence-electron chi connectivity index (χ1n) is 14.6. The predicted molar refractivity (Wildman–Crippen MR) is 160 cm³/mol. The van der Waals surface area contributed by atoms with Crippen LogP contribution in [0.2, 0.25) is 5.02 Å². The molecule has 4 heterocycles. The Bertz CT molecular complexity index is 1960. The van der Waals surface area contributed by atoms with Gasteiger partial charge in [0.1, 0.15) is 33.6 Å². The van der Waals surface area contributed by atoms with Crippen molar-refractivity contribution in [3.05, 3.63) is 82.3 Å². The molecule has 14 heteroatoms. The molecule has 2 fully saturated rings. The average molecular weight is 651 g/mol. The summed E-state index contributed by atoms with van der Waals surface area (Å²) in [7, 11) is -4.19. The van der Waals surface area contributed by atoms with Gasteiger partial charge in [-0.05, 0) is 56.4 Å². The number of hydrogen-bond acceptors (Lipinski definition) is 8. The molecule has 1 aromatic carbocycles. The minimum atomic E-state index is -4.19. The van der Waals surface area contributed by atoms with Gasteiger partial charge >= 0.3 is 0 Å². The van der Waals surface area contributed by atoms with E-state index in [2.05, 4.69) is 20.2 Å². The van der Waals surface area contributed by atoms with Crippen LogP contribution in [0.5, 0.6) is 0 Å². The zero-order chi connectivity index (χ0) is 31.5. The van der Waals surface area contributed by atoms with Crippen molar-refractivity contribution in [2.45, 2.75) is 61.6 Å². The standard InChI is InChI=1S/C31H28ClFN6O5S/c32-26-28(30(40)36-20-11-21(16-34)35-25(33)12-20)39-10-4-7-22(39)29(26)45(42,43)38-27-18-8-9-19(27)15-31(41,14-18)24-13-23(44-37-24)17-5-2-1-3-6-17/h1-3,5-6,11-13,18-19,27,38,41H,4,7-10,14-15H2,(H,35,36,40). The quantitative estimate of drug-likeness (QED) is 0.241. The predicted octanol–water partition coefficient (Wildman–Crippen LogP) is 4.76. The van der Waals surface area contributed by atoms with E-state index >= 15 is 0 Å². The van der Waals surface area contributed by atoms with Crippen LogP contribution in [0.15, 0.2) is 57.9 Å². The highest BCUT2D eigenvalue weighted by atomic mass is 35.5. The Morgan fingerprint density at radius 2 is 1.91 bits per heavy atom. The number of nitriles is 1. The number of sulfonamides is 1. The SMILES string of the molecule is N#Cc1cc(NC(=O)c2c(Cl)c(S(=O)(=O)NC3C4CCC3CC(O)(c3cc(-c5ccccc5)on3)C4)c3n2CCC3)cc(F)n1. The van der Waals surface area contributed by atoms with Gasteiger partial charge in [0.15, 0.2) is 5.76 Å². The highest BCUT2D eigenvalue weighted by Gasteiger charge is 2.52. The minimum Gasteiger partial charge on any atom is -0.383 e. The van der Waals surface area contributed by atoms with E-state index in [1.54, 1.807) is 16.7 Å². The topological polar surface area (TPSA) is 163 Å². The number of hydrogen-bond donors (Lipinski definition) is 3. The lowest BCUT2D eigenvalue weighted by atomic mass is 9.73. The van der Waals surface area contributed by atoms with E-state index in [1.807, 2.05) is 30.3 Å². The Balaban J connectivity index is 1.13. The van der Waals surface area contributed by atoms with Crippen molar-refractivity contribution in [1.29, 1.82) is 5.26 Å². The summed E-state index contributed by atoms with van der Waals surface area (Å²) in [5, 5.41) is 27.3. The maximum Gasteiger partial charge on any atom is 0.273 e. The lowest BCUT2D eigenvalue weighted by molar-refractivity contribution is -0.0398. The number of halogens is 2. The van der Waals surface area contributed by atoms with E-state index in [4.69, 9.17) is 21.4 Å². The molecule has 0 spiro atoms. The summed E-state index contributed by atoms with van der Waals surface area (Å²) >= 11 is 6.67. The van der Waals surface area contributed by atoms with Gasteiger partial charge in [-0.15, -0.1) is 0 Å². The summed E-state index contributed by atoms with van der Waals surface area (Å²) in [6.45, 7) is 0.381. The molecular formula is C31H28ClFN6O5S. The van der Waals surface area contributed by atoms with E-state index in [0.717, 1.165) is 24.5 Å². The molecule has 11 nitrogen and oxygen atoms in total. The van der Waals surface area contributed by atoms with Crippen LogP contribution in [-0.2, 0) is 28.6 Å². The molecule has 4 aromatic rings. The number of anilines is 1. The number of fused-ring (bicyclic) bond motifs is 3. The average Bonchev–Trinajstić information content (AvgIpc) is 3.77. The molecule has 2 saturated carbocycles. The first kappa shape index (κ1) is 29.6. The Morgan fingerprint density at radius 3 is 2.62 bits per heavy atom. The van der Waals surface area contributed by atoms with E-state index in [9.17, 15) is 22.7 Å². The van der Waals surface area contributed by atoms with Crippen molar-refractivity contribution in [1.82, 2.24) is 19.4 Å². The van der Waals surface area contributed by atoms with Crippen molar-refractivity contribution < 1.29 is 27.2 Å². The fourth-order valence-corrected chi connectivity index (χ4v) is 9.59. The summed E-state index contributed by atoms with van der Waals surface area (Å²) in [4.78, 5) is 16.6. The molecule has 3 aromatic heterocycles. The molecule has 232 valence electrons. The third kappa shape index (κ3) is 5.21. The fourth-order valence-electron chi connectivity index (χ4n) is 7.28. The molecule has 2 unspecified atom stereocenters. The Labute approximate surface area is 263 Å². The van der Waals surface area contributed by atoms with Crippen LogP contribution in [0.4, 0.5) is 10.1 Å². The van der Waals surface area contributed by atoms with Gasteiger partial charge in [0.25, 0.3) is 5.91 Å². The second kappa shape index (κ2) is 11.1. The Kier molecular flexibility index (Phi) is 7.28. The van der Waals surface area contributed by atoms with Crippen molar-refractivity contribution in [3.63, 3.8) is 0 Å². The number of aliphatic hydroxyl groups is 1. The summed E-state index contributed by atoms with van der Waals surface area (Å²) < 4.78 is 51.9. The summed E-state index contributed by atoms with van der Waals surface area (Å²) in [5.41, 5.74) is 0.147. The van der Waals surface area contributed by atoms with Crippen LogP contribution in [0.3, 0.4) is 0 Å². The number of rotatable bonds is 7. The van der Waals surface area contributed by atoms with Crippen LogP contribution in [-0.4, -0.2) is 40.2 Å². The normalized spacial score (nSPS) is 23.9. The maximum absolute atomic E-state index is 14.0. The number of amides is 1. The largest absolute Gasteiger partial charge is 0.383 e. The van der Waals surface area contributed by atoms with Crippen molar-refractivity contribution in [3.8, 4) is 17.4 Å². The number of carbonyl (C=O) groups is 1. The van der Waals surface area contributed by atoms with Crippen LogP contribution in [0, 0.1) is 29.1 Å². The second-order valence-electron chi connectivity index (χ2n) is 12.0. The molecular weight excluding hydrogens is 623 g/mol. The van der Waals surface area contributed by atoms with Gasteiger partial charge < -0.3 is 19.5 Å². The number of benzene rings is 1. The lowest BCUT2D eigenvalue weighted by Crippen LogP contribution is -2.49. The number of carbonyl (C=O) groups excluding carboxylic acids is 1. The van der Waals surface area contributed by atoms with Gasteiger partial charge in [0.2, 0.25) is 16.0 Å². The molecule has 2 atom stereocenters. The highest BCUT2D eigenvalue weighted by molar-refractivity contribution is 7.89. The zero-order valence-corrected chi connectivity index (χ0v) is 25.4. The van der Waals surface area contributed by atoms with Gasteiger partial charge in [0.05, 0.1) is 5.02 Å². The minimum absolute atomic E-state index is 0.00883. The summed E-state index contributed by atoms with van der Waals surface area (Å²) in [5.74, 6) is -1.45. The number of nitrogens with one attached hydrogen (secondary N) is 2. The van der Waals surface area contributed by atoms with E-state index in [0.29, 0.717) is 49.4 Å². The molecule has 2 aliphatic carbocycles. The van der Waals surface area contributed by atoms with Gasteiger partial charge in [-0.3, -0.25) is 4.79 Å². The van der Waals surface area contributed by atoms with E-state index in [1.165, 1.54) is 6.07 Å². The molecule has 0 saturated heterocycles. The molecule has 3 aliphatic rings. The second-order valence-corrected chi connectivity index (χ2v) is 14.0. The van der Waals surface area contributed by atoms with Crippen LogP contribution in [0.1, 0.15) is 59.7 Å². The Hall–Kier alpha value is -4.09. The summed E-state index contributed by atoms with van der Waals surface area (Å²) in [6.07, 6.45) is 3.08. The number of nitrogens with zero attached hydrogens (tertiary/aromatic N) is 4. The van der Waals surface area contributed by atoms with Crippen LogP contribution in [0.25, 0.3) is 11.3 Å². The smallest absolute Gasteiger partial charge is 0.273 e. The van der Waals surface area contributed by atoms with Gasteiger partial charge in [0, 0.05) is 41.7 Å². The van der Waals surface area contributed by atoms with Crippen LogP contribution < -0.4 is 10.0 Å².